The first-order valence-corrected chi connectivity index (χ1v) is 8.11. The van der Waals surface area contributed by atoms with Gasteiger partial charge in [-0.15, -0.1) is 0 Å². The van der Waals surface area contributed by atoms with Crippen molar-refractivity contribution in [3.63, 3.8) is 0 Å². The van der Waals surface area contributed by atoms with Crippen LogP contribution in [0.3, 0.4) is 0 Å². The molecule has 0 fully saturated rings. The maximum Gasteiger partial charge on any atom is 0.0725 e. The van der Waals surface area contributed by atoms with E-state index in [0.717, 1.165) is 22.4 Å². The lowest BCUT2D eigenvalue weighted by molar-refractivity contribution is 1.19. The smallest absolute Gasteiger partial charge is 0.0725 e. The molecule has 0 aliphatic heterocycles. The molecule has 0 amide bonds. The molecule has 0 aliphatic carbocycles. The molecule has 0 bridgehead atoms. The molecule has 1 aromatic carbocycles. The van der Waals surface area contributed by atoms with Crippen LogP contribution in [0.4, 0.5) is 0 Å². The van der Waals surface area contributed by atoms with Gasteiger partial charge < -0.3 is 4.40 Å². The molecule has 114 valence electrons. The number of benzene rings is 1. The summed E-state index contributed by atoms with van der Waals surface area (Å²) in [5.74, 6) is 0. The van der Waals surface area contributed by atoms with Gasteiger partial charge in [0.15, 0.2) is 0 Å². The zero-order valence-electron chi connectivity index (χ0n) is 13.9. The third-order valence-electron chi connectivity index (χ3n) is 4.36. The molecule has 5 rings (SSSR count). The van der Waals surface area contributed by atoms with Crippen LogP contribution in [0.15, 0.2) is 42.7 Å². The molecule has 0 spiro atoms. The number of pyridine rings is 2. The van der Waals surface area contributed by atoms with Gasteiger partial charge in [-0.25, -0.2) is 0 Å². The first-order valence-electron chi connectivity index (χ1n) is 8.11. The van der Waals surface area contributed by atoms with Crippen LogP contribution in [0.1, 0.15) is 25.2 Å². The lowest BCUT2D eigenvalue weighted by Crippen LogP contribution is -1.85. The van der Waals surface area contributed by atoms with Crippen LogP contribution in [0.2, 0.25) is 0 Å². The number of para-hydroxylation sites is 1. The van der Waals surface area contributed by atoms with Crippen molar-refractivity contribution in [3.05, 3.63) is 54.1 Å². The van der Waals surface area contributed by atoms with Crippen LogP contribution >= 0.6 is 0 Å². The molecule has 5 aromatic rings. The summed E-state index contributed by atoms with van der Waals surface area (Å²) < 4.78 is 2.30. The lowest BCUT2D eigenvalue weighted by atomic mass is 10.1. The number of hydrogen-bond donors (Lipinski definition) is 0. The molecule has 0 saturated carbocycles. The highest BCUT2D eigenvalue weighted by Gasteiger charge is 2.17. The second kappa shape index (κ2) is 4.92. The average molecular weight is 301 g/mol. The van der Waals surface area contributed by atoms with E-state index in [-0.39, 0.29) is 0 Å². The van der Waals surface area contributed by atoms with E-state index in [1.165, 1.54) is 27.1 Å². The second-order valence-corrected chi connectivity index (χ2v) is 5.72. The Morgan fingerprint density at radius 1 is 0.739 bits per heavy atom. The predicted molar refractivity (Wildman–Crippen MR) is 97.5 cm³/mol. The van der Waals surface area contributed by atoms with E-state index < -0.39 is 0 Å². The molecule has 0 saturated heterocycles. The zero-order chi connectivity index (χ0) is 16.1. The SMILES string of the molecule is CC.Cc1cc2c3cccc4c5cc(C)ncc5n(c2cn1)c34. The van der Waals surface area contributed by atoms with Crippen molar-refractivity contribution < 1.29 is 0 Å². The Morgan fingerprint density at radius 3 is 1.70 bits per heavy atom. The largest absolute Gasteiger partial charge is 0.305 e. The van der Waals surface area contributed by atoms with Crippen LogP contribution in [-0.4, -0.2) is 14.4 Å². The summed E-state index contributed by atoms with van der Waals surface area (Å²) in [5, 5.41) is 5.12. The van der Waals surface area contributed by atoms with Crippen molar-refractivity contribution in [2.45, 2.75) is 27.7 Å². The van der Waals surface area contributed by atoms with E-state index >= 15 is 0 Å². The van der Waals surface area contributed by atoms with E-state index in [1.54, 1.807) is 0 Å². The Bertz CT molecular complexity index is 1070. The molecule has 0 radical (unpaired) electrons. The monoisotopic (exact) mass is 301 g/mol. The Balaban J connectivity index is 0.000000652. The molecular weight excluding hydrogens is 282 g/mol. The molecule has 0 atom stereocenters. The number of nitrogens with zero attached hydrogens (tertiary/aromatic N) is 3. The molecule has 0 unspecified atom stereocenters. The maximum absolute atomic E-state index is 4.48. The Morgan fingerprint density at radius 2 is 1.22 bits per heavy atom. The van der Waals surface area contributed by atoms with Crippen LogP contribution in [-0.2, 0) is 0 Å². The van der Waals surface area contributed by atoms with E-state index in [1.807, 2.05) is 40.1 Å². The van der Waals surface area contributed by atoms with Crippen molar-refractivity contribution in [1.82, 2.24) is 14.4 Å². The van der Waals surface area contributed by atoms with Gasteiger partial charge in [-0.1, -0.05) is 32.0 Å². The summed E-state index contributed by atoms with van der Waals surface area (Å²) in [7, 11) is 0. The first-order chi connectivity index (χ1) is 11.2. The van der Waals surface area contributed by atoms with Crippen LogP contribution in [0.5, 0.6) is 0 Å². The average Bonchev–Trinajstić information content (AvgIpc) is 3.07. The van der Waals surface area contributed by atoms with Crippen molar-refractivity contribution in [2.75, 3.05) is 0 Å². The Hall–Kier alpha value is -2.68. The Labute approximate surface area is 134 Å². The van der Waals surface area contributed by atoms with E-state index in [2.05, 4.69) is 44.7 Å². The van der Waals surface area contributed by atoms with Crippen molar-refractivity contribution >= 4 is 38.1 Å². The highest BCUT2D eigenvalue weighted by Crippen LogP contribution is 2.38. The second-order valence-electron chi connectivity index (χ2n) is 5.72. The highest BCUT2D eigenvalue weighted by molar-refractivity contribution is 6.23. The summed E-state index contributed by atoms with van der Waals surface area (Å²) in [6.07, 6.45) is 3.95. The van der Waals surface area contributed by atoms with E-state index in [0.29, 0.717) is 0 Å². The molecule has 23 heavy (non-hydrogen) atoms. The minimum Gasteiger partial charge on any atom is -0.305 e. The van der Waals surface area contributed by atoms with Gasteiger partial charge in [0.05, 0.1) is 28.9 Å². The number of rotatable bonds is 0. The van der Waals surface area contributed by atoms with Crippen LogP contribution in [0.25, 0.3) is 38.1 Å². The van der Waals surface area contributed by atoms with Gasteiger partial charge in [0, 0.05) is 32.9 Å². The van der Waals surface area contributed by atoms with Gasteiger partial charge in [-0.3, -0.25) is 9.97 Å². The Kier molecular flexibility index (Phi) is 2.98. The fraction of sp³-hybridized carbons (Fsp3) is 0.200. The third kappa shape index (κ3) is 1.76. The first kappa shape index (κ1) is 13.9. The maximum atomic E-state index is 4.48. The molecular formula is C20H19N3. The molecule has 4 heterocycles. The summed E-state index contributed by atoms with van der Waals surface area (Å²) in [4.78, 5) is 8.97. The minimum atomic E-state index is 1.05. The van der Waals surface area contributed by atoms with E-state index in [9.17, 15) is 0 Å². The van der Waals surface area contributed by atoms with Gasteiger partial charge in [0.1, 0.15) is 0 Å². The normalized spacial score (nSPS) is 11.5. The number of hydrogen-bond acceptors (Lipinski definition) is 2. The van der Waals surface area contributed by atoms with E-state index in [4.69, 9.17) is 0 Å². The number of aromatic nitrogens is 3. The molecule has 0 N–H and O–H groups in total. The van der Waals surface area contributed by atoms with Crippen molar-refractivity contribution in [1.29, 1.82) is 0 Å². The standard InChI is InChI=1S/C18H13N3.C2H6/c1-10-6-14-12-4-3-5-13-15-7-11(2)20-9-17(15)21(18(12)13)16(14)8-19-10;1-2/h3-9H,1-2H3;1-2H3. The molecule has 3 nitrogen and oxygen atoms in total. The summed E-state index contributed by atoms with van der Waals surface area (Å²) in [5.41, 5.74) is 5.70. The van der Waals surface area contributed by atoms with Gasteiger partial charge in [0.2, 0.25) is 0 Å². The molecule has 0 aliphatic rings. The van der Waals surface area contributed by atoms with Gasteiger partial charge >= 0.3 is 0 Å². The third-order valence-corrected chi connectivity index (χ3v) is 4.36. The zero-order valence-corrected chi connectivity index (χ0v) is 13.9. The number of aryl methyl sites for hydroxylation is 2. The highest BCUT2D eigenvalue weighted by atomic mass is 14.9. The van der Waals surface area contributed by atoms with Crippen LogP contribution < -0.4 is 0 Å². The predicted octanol–water partition coefficient (Wildman–Crippen LogP) is 5.27. The molecule has 3 heteroatoms. The topological polar surface area (TPSA) is 30.2 Å². The minimum absolute atomic E-state index is 1.05. The number of fused-ring (bicyclic) bond motifs is 6. The summed E-state index contributed by atoms with van der Waals surface area (Å²) in [6, 6.07) is 10.9. The van der Waals surface area contributed by atoms with Crippen molar-refractivity contribution in [2.24, 2.45) is 0 Å². The quantitative estimate of drug-likeness (QED) is 0.390. The summed E-state index contributed by atoms with van der Waals surface area (Å²) in [6.45, 7) is 8.08. The van der Waals surface area contributed by atoms with Crippen molar-refractivity contribution in [3.8, 4) is 0 Å². The van der Waals surface area contributed by atoms with Crippen LogP contribution in [0, 0.1) is 13.8 Å². The van der Waals surface area contributed by atoms with Gasteiger partial charge in [-0.2, -0.15) is 0 Å². The summed E-state index contributed by atoms with van der Waals surface area (Å²) >= 11 is 0. The molecule has 4 aromatic heterocycles. The fourth-order valence-electron chi connectivity index (χ4n) is 3.48. The fourth-order valence-corrected chi connectivity index (χ4v) is 3.48. The van der Waals surface area contributed by atoms with Gasteiger partial charge in [-0.05, 0) is 26.0 Å². The van der Waals surface area contributed by atoms with Gasteiger partial charge in [0.25, 0.3) is 0 Å². The lowest BCUT2D eigenvalue weighted by Gasteiger charge is -1.98.